The van der Waals surface area contributed by atoms with Gasteiger partial charge in [0.2, 0.25) is 6.41 Å². The van der Waals surface area contributed by atoms with Gasteiger partial charge in [-0.2, -0.15) is 15.0 Å². The second-order valence-corrected chi connectivity index (χ2v) is 2.26. The Balaban J connectivity index is 2.26. The van der Waals surface area contributed by atoms with Crippen molar-refractivity contribution in [1.29, 1.82) is 0 Å². The van der Waals surface area contributed by atoms with Crippen LogP contribution >= 0.6 is 0 Å². The van der Waals surface area contributed by atoms with Crippen LogP contribution < -0.4 is 5.32 Å². The minimum atomic E-state index is -0.650. The quantitative estimate of drug-likeness (QED) is 0.521. The van der Waals surface area contributed by atoms with E-state index >= 15 is 0 Å². The van der Waals surface area contributed by atoms with Gasteiger partial charge in [0.05, 0.1) is 25.0 Å². The molecule has 0 fully saturated rings. The van der Waals surface area contributed by atoms with E-state index in [0.29, 0.717) is 6.41 Å². The third-order valence-electron chi connectivity index (χ3n) is 1.28. The molecule has 0 bridgehead atoms. The fourth-order valence-corrected chi connectivity index (χ4v) is 0.775. The first kappa shape index (κ1) is 8.66. The summed E-state index contributed by atoms with van der Waals surface area (Å²) in [6.45, 7) is 0.499. The molecule has 1 aromatic heterocycles. The topological polar surface area (TPSA) is 80.0 Å². The van der Waals surface area contributed by atoms with Crippen LogP contribution in [-0.4, -0.2) is 39.2 Å². The standard InChI is InChI=1S/C6H10N4O2/c11-5-7-3-6(12)4-10-8-1-2-9-10/h1-2,5-6,12H,3-4H2,(H,7,11). The van der Waals surface area contributed by atoms with E-state index in [1.807, 2.05) is 0 Å². The Bertz CT molecular complexity index is 223. The number of hydrogen-bond acceptors (Lipinski definition) is 4. The van der Waals surface area contributed by atoms with E-state index in [1.54, 1.807) is 0 Å². The van der Waals surface area contributed by atoms with Crippen molar-refractivity contribution >= 4 is 6.41 Å². The number of hydrogen-bond donors (Lipinski definition) is 2. The predicted octanol–water partition coefficient (Wildman–Crippen LogP) is -1.62. The third-order valence-corrected chi connectivity index (χ3v) is 1.28. The highest BCUT2D eigenvalue weighted by molar-refractivity contribution is 5.45. The van der Waals surface area contributed by atoms with Crippen molar-refractivity contribution in [2.75, 3.05) is 6.54 Å². The van der Waals surface area contributed by atoms with Gasteiger partial charge < -0.3 is 10.4 Å². The van der Waals surface area contributed by atoms with E-state index in [2.05, 4.69) is 15.5 Å². The lowest BCUT2D eigenvalue weighted by atomic mass is 10.3. The number of nitrogens with one attached hydrogen (secondary N) is 1. The van der Waals surface area contributed by atoms with Crippen LogP contribution in [0.15, 0.2) is 12.4 Å². The maximum Gasteiger partial charge on any atom is 0.207 e. The van der Waals surface area contributed by atoms with Gasteiger partial charge in [-0.1, -0.05) is 0 Å². The highest BCUT2D eigenvalue weighted by Crippen LogP contribution is 1.85. The van der Waals surface area contributed by atoms with Crippen molar-refractivity contribution in [1.82, 2.24) is 20.3 Å². The molecule has 2 N–H and O–H groups in total. The number of nitrogens with zero attached hydrogens (tertiary/aromatic N) is 3. The summed E-state index contributed by atoms with van der Waals surface area (Å²) in [6, 6.07) is 0. The summed E-state index contributed by atoms with van der Waals surface area (Å²) in [5.74, 6) is 0. The summed E-state index contributed by atoms with van der Waals surface area (Å²) >= 11 is 0. The van der Waals surface area contributed by atoms with Crippen molar-refractivity contribution in [3.05, 3.63) is 12.4 Å². The number of amides is 1. The van der Waals surface area contributed by atoms with Crippen LogP contribution in [0.3, 0.4) is 0 Å². The van der Waals surface area contributed by atoms with Crippen LogP contribution in [0.25, 0.3) is 0 Å². The van der Waals surface area contributed by atoms with Crippen LogP contribution in [0.5, 0.6) is 0 Å². The summed E-state index contributed by atoms with van der Waals surface area (Å²) in [5, 5.41) is 19.2. The molecular weight excluding hydrogens is 160 g/mol. The fourth-order valence-electron chi connectivity index (χ4n) is 0.775. The maximum absolute atomic E-state index is 9.85. The molecule has 0 saturated heterocycles. The number of rotatable bonds is 5. The van der Waals surface area contributed by atoms with Gasteiger partial charge in [0.1, 0.15) is 0 Å². The van der Waals surface area contributed by atoms with Gasteiger partial charge in [-0.05, 0) is 0 Å². The molecule has 1 rings (SSSR count). The molecule has 1 unspecified atom stereocenters. The molecule has 6 nitrogen and oxygen atoms in total. The minimum absolute atomic E-state index is 0.213. The molecule has 0 spiro atoms. The average molecular weight is 170 g/mol. The molecule has 1 aromatic rings. The lowest BCUT2D eigenvalue weighted by molar-refractivity contribution is -0.110. The van der Waals surface area contributed by atoms with Crippen molar-refractivity contribution < 1.29 is 9.90 Å². The Hall–Kier alpha value is -1.43. The van der Waals surface area contributed by atoms with Gasteiger partial charge in [0, 0.05) is 6.54 Å². The van der Waals surface area contributed by atoms with Crippen LogP contribution in [0.1, 0.15) is 0 Å². The zero-order valence-electron chi connectivity index (χ0n) is 6.42. The van der Waals surface area contributed by atoms with Crippen molar-refractivity contribution in [2.45, 2.75) is 12.6 Å². The lowest BCUT2D eigenvalue weighted by Crippen LogP contribution is -2.30. The smallest absolute Gasteiger partial charge is 0.207 e. The highest BCUT2D eigenvalue weighted by Gasteiger charge is 2.04. The zero-order valence-corrected chi connectivity index (χ0v) is 6.42. The number of aromatic nitrogens is 3. The van der Waals surface area contributed by atoms with Crippen LogP contribution in [0, 0.1) is 0 Å². The summed E-state index contributed by atoms with van der Waals surface area (Å²) in [7, 11) is 0. The first-order valence-corrected chi connectivity index (χ1v) is 3.52. The Morgan fingerprint density at radius 2 is 2.25 bits per heavy atom. The highest BCUT2D eigenvalue weighted by atomic mass is 16.3. The van der Waals surface area contributed by atoms with E-state index in [1.165, 1.54) is 17.2 Å². The first-order valence-electron chi connectivity index (χ1n) is 3.52. The normalized spacial score (nSPS) is 12.4. The Kier molecular flexibility index (Phi) is 3.21. The Labute approximate surface area is 69.2 Å². The second kappa shape index (κ2) is 4.45. The van der Waals surface area contributed by atoms with Crippen LogP contribution in [0.4, 0.5) is 0 Å². The molecule has 0 radical (unpaired) electrons. The van der Waals surface area contributed by atoms with E-state index < -0.39 is 6.10 Å². The maximum atomic E-state index is 9.85. The number of carbonyl (C=O) groups excluding carboxylic acids is 1. The molecule has 0 aliphatic rings. The summed E-state index contributed by atoms with van der Waals surface area (Å²) in [4.78, 5) is 11.2. The SMILES string of the molecule is O=CNCC(O)Cn1nccn1. The Morgan fingerprint density at radius 1 is 1.58 bits per heavy atom. The molecule has 66 valence electrons. The third kappa shape index (κ3) is 2.67. The lowest BCUT2D eigenvalue weighted by Gasteiger charge is -2.07. The van der Waals surface area contributed by atoms with Gasteiger partial charge >= 0.3 is 0 Å². The second-order valence-electron chi connectivity index (χ2n) is 2.26. The molecule has 1 heterocycles. The Morgan fingerprint density at radius 3 is 2.83 bits per heavy atom. The molecule has 1 atom stereocenters. The molecule has 0 aromatic carbocycles. The van der Waals surface area contributed by atoms with Crippen LogP contribution in [-0.2, 0) is 11.3 Å². The van der Waals surface area contributed by atoms with Gasteiger partial charge in [-0.25, -0.2) is 0 Å². The van der Waals surface area contributed by atoms with Crippen molar-refractivity contribution in [2.24, 2.45) is 0 Å². The summed E-state index contributed by atoms with van der Waals surface area (Å²) in [5.41, 5.74) is 0. The molecule has 0 aliphatic heterocycles. The largest absolute Gasteiger partial charge is 0.389 e. The number of carbonyl (C=O) groups is 1. The van der Waals surface area contributed by atoms with E-state index in [4.69, 9.17) is 0 Å². The van der Waals surface area contributed by atoms with E-state index in [0.717, 1.165) is 0 Å². The molecule has 6 heteroatoms. The minimum Gasteiger partial charge on any atom is -0.389 e. The molecular formula is C6H10N4O2. The number of aliphatic hydroxyl groups is 1. The van der Waals surface area contributed by atoms with Crippen molar-refractivity contribution in [3.63, 3.8) is 0 Å². The molecule has 0 aliphatic carbocycles. The average Bonchev–Trinajstić information content (AvgIpc) is 2.53. The molecule has 1 amide bonds. The number of aliphatic hydroxyl groups excluding tert-OH is 1. The zero-order chi connectivity index (χ0) is 8.81. The van der Waals surface area contributed by atoms with E-state index in [-0.39, 0.29) is 13.1 Å². The predicted molar refractivity (Wildman–Crippen MR) is 40.1 cm³/mol. The van der Waals surface area contributed by atoms with Crippen LogP contribution in [0.2, 0.25) is 0 Å². The summed E-state index contributed by atoms with van der Waals surface area (Å²) in [6.07, 6.45) is 2.95. The first-order chi connectivity index (χ1) is 5.83. The van der Waals surface area contributed by atoms with Gasteiger partial charge in [0.15, 0.2) is 0 Å². The fraction of sp³-hybridized carbons (Fsp3) is 0.500. The summed E-state index contributed by atoms with van der Waals surface area (Å²) < 4.78 is 0. The van der Waals surface area contributed by atoms with Gasteiger partial charge in [0.25, 0.3) is 0 Å². The van der Waals surface area contributed by atoms with Gasteiger partial charge in [-0.15, -0.1) is 0 Å². The monoisotopic (exact) mass is 170 g/mol. The van der Waals surface area contributed by atoms with Crippen molar-refractivity contribution in [3.8, 4) is 0 Å². The molecule has 12 heavy (non-hydrogen) atoms. The molecule has 0 saturated carbocycles. The van der Waals surface area contributed by atoms with E-state index in [9.17, 15) is 9.90 Å². The van der Waals surface area contributed by atoms with Gasteiger partial charge in [-0.3, -0.25) is 4.79 Å².